The van der Waals surface area contributed by atoms with E-state index in [4.69, 9.17) is 9.47 Å². The minimum atomic E-state index is -0.455. The van der Waals surface area contributed by atoms with Crippen LogP contribution in [0.5, 0.6) is 5.75 Å². The highest BCUT2D eigenvalue weighted by molar-refractivity contribution is 6.31. The molecule has 0 saturated carbocycles. The molecule has 0 aromatic heterocycles. The van der Waals surface area contributed by atoms with Crippen LogP contribution in [0.15, 0.2) is 77.9 Å². The van der Waals surface area contributed by atoms with Crippen LogP contribution in [0.1, 0.15) is 6.92 Å². The first-order valence-corrected chi connectivity index (χ1v) is 11.4. The highest BCUT2D eigenvalue weighted by atomic mass is 16.5. The molecule has 0 radical (unpaired) electrons. The number of nitrogens with one attached hydrogen (secondary N) is 2. The zero-order valence-corrected chi connectivity index (χ0v) is 21.2. The topological polar surface area (TPSA) is 70.8 Å². The van der Waals surface area contributed by atoms with Crippen molar-refractivity contribution in [2.75, 3.05) is 57.1 Å². The fraction of sp³-hybridized carbons (Fsp3) is 0.259. The molecule has 0 amide bonds. The third-order valence-corrected chi connectivity index (χ3v) is 5.48. The zero-order chi connectivity index (χ0) is 25.4. The van der Waals surface area contributed by atoms with Gasteiger partial charge in [-0.3, -0.25) is 5.01 Å². The van der Waals surface area contributed by atoms with E-state index in [1.807, 2.05) is 106 Å². The van der Waals surface area contributed by atoms with Gasteiger partial charge in [0.15, 0.2) is 5.69 Å². The Labute approximate surface area is 207 Å². The lowest BCUT2D eigenvalue weighted by Crippen LogP contribution is -3.08. The van der Waals surface area contributed by atoms with E-state index in [0.717, 1.165) is 39.1 Å². The fourth-order valence-electron chi connectivity index (χ4n) is 3.59. The number of ether oxygens (including phenoxy) is 2. The van der Waals surface area contributed by atoms with Gasteiger partial charge in [-0.15, -0.1) is 5.10 Å². The van der Waals surface area contributed by atoms with Crippen molar-refractivity contribution in [3.05, 3.63) is 72.8 Å². The second-order valence-electron chi connectivity index (χ2n) is 8.13. The Morgan fingerprint density at radius 2 is 1.54 bits per heavy atom. The van der Waals surface area contributed by atoms with E-state index in [9.17, 15) is 4.79 Å². The lowest BCUT2D eigenvalue weighted by molar-refractivity contribution is -0.703. The lowest BCUT2D eigenvalue weighted by atomic mass is 10.2. The summed E-state index contributed by atoms with van der Waals surface area (Å²) >= 11 is 0. The number of anilines is 4. The Morgan fingerprint density at radius 3 is 2.11 bits per heavy atom. The molecule has 3 aromatic rings. The van der Waals surface area contributed by atoms with Crippen LogP contribution in [0.3, 0.4) is 0 Å². The Bertz CT molecular complexity index is 1140. The third-order valence-electron chi connectivity index (χ3n) is 5.48. The monoisotopic (exact) mass is 476 g/mol. The molecule has 0 aliphatic rings. The molecular formula is C27H34N5O3+. The Kier molecular flexibility index (Phi) is 8.69. The second kappa shape index (κ2) is 11.9. The number of benzene rings is 3. The minimum Gasteiger partial charge on any atom is -0.497 e. The lowest BCUT2D eigenvalue weighted by Gasteiger charge is -2.22. The number of carbonyl (C=O) groups excluding carboxylic acids is 1. The molecule has 2 N–H and O–H groups in total. The number of esters is 1. The summed E-state index contributed by atoms with van der Waals surface area (Å²) in [6.45, 7) is 2.06. The van der Waals surface area contributed by atoms with Gasteiger partial charge in [0.05, 0.1) is 32.1 Å². The number of rotatable bonds is 8. The molecule has 0 bridgehead atoms. The van der Waals surface area contributed by atoms with Crippen molar-refractivity contribution >= 4 is 40.2 Å². The molecule has 0 spiro atoms. The standard InChI is InChI=1S/C27H33N5O3/c1-7-35-27(33)26(31(4)25-11-9-8-10-24(25)30(2)3)29-32(5)22-16-12-20(13-17-22)28-21-14-18-23(34-6)19-15-21/h8-19,28H,7H2,1-6H3/p+1/b29-26+. The molecule has 3 rings (SSSR count). The number of carbonyl (C=O) groups is 1. The van der Waals surface area contributed by atoms with Crippen LogP contribution in [0.25, 0.3) is 0 Å². The molecular weight excluding hydrogens is 442 g/mol. The summed E-state index contributed by atoms with van der Waals surface area (Å²) in [6.07, 6.45) is 0. The summed E-state index contributed by atoms with van der Waals surface area (Å²) in [7, 11) is 9.31. The van der Waals surface area contributed by atoms with E-state index in [1.165, 1.54) is 0 Å². The highest BCUT2D eigenvalue weighted by Gasteiger charge is 2.29. The van der Waals surface area contributed by atoms with E-state index >= 15 is 0 Å². The Hall–Kier alpha value is -4.04. The molecule has 0 aliphatic carbocycles. The smallest absolute Gasteiger partial charge is 0.415 e. The number of hydrogen-bond acceptors (Lipinski definition) is 7. The molecule has 8 nitrogen and oxygen atoms in total. The first kappa shape index (κ1) is 25.6. The maximum atomic E-state index is 12.9. The largest absolute Gasteiger partial charge is 0.497 e. The van der Waals surface area contributed by atoms with Crippen molar-refractivity contribution in [2.24, 2.45) is 5.10 Å². The zero-order valence-electron chi connectivity index (χ0n) is 21.2. The van der Waals surface area contributed by atoms with Gasteiger partial charge in [0.1, 0.15) is 5.75 Å². The second-order valence-corrected chi connectivity index (χ2v) is 8.13. The van der Waals surface area contributed by atoms with Gasteiger partial charge in [0, 0.05) is 38.6 Å². The van der Waals surface area contributed by atoms with Gasteiger partial charge in [0.25, 0.3) is 0 Å². The molecule has 1 unspecified atom stereocenters. The van der Waals surface area contributed by atoms with Gasteiger partial charge in [0.2, 0.25) is 0 Å². The summed E-state index contributed by atoms with van der Waals surface area (Å²) in [5.41, 5.74) is 4.65. The van der Waals surface area contributed by atoms with Crippen molar-refractivity contribution in [2.45, 2.75) is 6.92 Å². The summed E-state index contributed by atoms with van der Waals surface area (Å²) in [4.78, 5) is 15.6. The predicted molar refractivity (Wildman–Crippen MR) is 143 cm³/mol. The number of likely N-dealkylation sites (N-methyl/N-ethyl adjacent to an activating group) is 1. The normalized spacial score (nSPS) is 12.0. The van der Waals surface area contributed by atoms with E-state index in [2.05, 4.69) is 10.4 Å². The Morgan fingerprint density at radius 1 is 0.943 bits per heavy atom. The molecule has 1 atom stereocenters. The van der Waals surface area contributed by atoms with Gasteiger partial charge in [-0.1, -0.05) is 12.1 Å². The first-order chi connectivity index (χ1) is 16.8. The fourth-order valence-corrected chi connectivity index (χ4v) is 3.59. The molecule has 0 saturated heterocycles. The van der Waals surface area contributed by atoms with E-state index in [1.54, 1.807) is 19.0 Å². The maximum Gasteiger partial charge on any atom is 0.415 e. The van der Waals surface area contributed by atoms with Crippen molar-refractivity contribution in [1.29, 1.82) is 0 Å². The summed E-state index contributed by atoms with van der Waals surface area (Å²) in [5.74, 6) is 0.621. The molecule has 0 aliphatic heterocycles. The van der Waals surface area contributed by atoms with Crippen LogP contribution in [0, 0.1) is 0 Å². The van der Waals surface area contributed by atoms with Crippen molar-refractivity contribution < 1.29 is 19.2 Å². The SMILES string of the molecule is CCOC(=O)/C(=N\N(C)c1ccc(Nc2ccc(OC)cc2)cc1)[NH+](C)c1ccccc1N(C)C. The van der Waals surface area contributed by atoms with Crippen LogP contribution in [-0.2, 0) is 9.53 Å². The number of hydrogen-bond donors (Lipinski definition) is 2. The average Bonchev–Trinajstić information content (AvgIpc) is 2.87. The maximum absolute atomic E-state index is 12.9. The van der Waals surface area contributed by atoms with Crippen LogP contribution in [-0.4, -0.2) is 53.7 Å². The summed E-state index contributed by atoms with van der Waals surface area (Å²) in [5, 5.41) is 9.71. The van der Waals surface area contributed by atoms with Gasteiger partial charge in [-0.05, 0) is 61.5 Å². The number of para-hydroxylation sites is 2. The van der Waals surface area contributed by atoms with Crippen molar-refractivity contribution in [3.8, 4) is 5.75 Å². The minimum absolute atomic E-state index is 0.268. The Balaban J connectivity index is 1.84. The number of quaternary nitrogens is 1. The highest BCUT2D eigenvalue weighted by Crippen LogP contribution is 2.23. The first-order valence-electron chi connectivity index (χ1n) is 11.4. The third kappa shape index (κ3) is 6.51. The van der Waals surface area contributed by atoms with Crippen molar-refractivity contribution in [3.63, 3.8) is 0 Å². The van der Waals surface area contributed by atoms with E-state index in [0.29, 0.717) is 0 Å². The molecule has 3 aromatic carbocycles. The number of nitrogens with zero attached hydrogens (tertiary/aromatic N) is 3. The van der Waals surface area contributed by atoms with Gasteiger partial charge < -0.3 is 19.7 Å². The van der Waals surface area contributed by atoms with Crippen LogP contribution in [0.2, 0.25) is 0 Å². The molecule has 0 heterocycles. The van der Waals surface area contributed by atoms with Gasteiger partial charge >= 0.3 is 11.8 Å². The van der Waals surface area contributed by atoms with Crippen LogP contribution in [0.4, 0.5) is 28.4 Å². The number of amidine groups is 1. The molecule has 0 fully saturated rings. The summed E-state index contributed by atoms with van der Waals surface area (Å²) in [6, 6.07) is 23.5. The quantitative estimate of drug-likeness (QED) is 0.224. The summed E-state index contributed by atoms with van der Waals surface area (Å²) < 4.78 is 10.5. The van der Waals surface area contributed by atoms with Crippen LogP contribution < -0.4 is 24.9 Å². The van der Waals surface area contributed by atoms with Gasteiger partial charge in [-0.2, -0.15) is 0 Å². The predicted octanol–water partition coefficient (Wildman–Crippen LogP) is 3.66. The molecule has 35 heavy (non-hydrogen) atoms. The van der Waals surface area contributed by atoms with E-state index in [-0.39, 0.29) is 12.4 Å². The molecule has 184 valence electrons. The van der Waals surface area contributed by atoms with Gasteiger partial charge in [-0.25, -0.2) is 9.69 Å². The number of methoxy groups -OCH3 is 1. The number of hydrazone groups is 1. The molecule has 8 heteroatoms. The van der Waals surface area contributed by atoms with Crippen LogP contribution >= 0.6 is 0 Å². The average molecular weight is 477 g/mol. The van der Waals surface area contributed by atoms with Crippen molar-refractivity contribution in [1.82, 2.24) is 0 Å². The van der Waals surface area contributed by atoms with E-state index < -0.39 is 5.97 Å².